The third-order valence-electron chi connectivity index (χ3n) is 6.87. The zero-order valence-corrected chi connectivity index (χ0v) is 22.1. The van der Waals surface area contributed by atoms with Crippen molar-refractivity contribution in [2.24, 2.45) is 0 Å². The SMILES string of the molecule is CC1(N2C(=O)C(C)(C)N(CCCOc3ccc(-c4cccnc4)cc3)C2=S)C=C(C(F)(F)F)C(C#N)=CC1. The summed E-state index contributed by atoms with van der Waals surface area (Å²) >= 11 is 5.62. The summed E-state index contributed by atoms with van der Waals surface area (Å²) in [5, 5.41) is 9.33. The number of alkyl halides is 3. The van der Waals surface area contributed by atoms with Gasteiger partial charge in [-0.05, 0) is 81.2 Å². The van der Waals surface area contributed by atoms with Crippen LogP contribution in [0, 0.1) is 11.3 Å². The Labute approximate surface area is 225 Å². The number of thiocarbonyl (C=S) groups is 1. The van der Waals surface area contributed by atoms with Crippen LogP contribution < -0.4 is 4.74 Å². The van der Waals surface area contributed by atoms with E-state index in [2.05, 4.69) is 4.98 Å². The molecule has 1 aromatic carbocycles. The van der Waals surface area contributed by atoms with Gasteiger partial charge >= 0.3 is 6.18 Å². The number of allylic oxidation sites excluding steroid dienone is 2. The Hall–Kier alpha value is -3.71. The van der Waals surface area contributed by atoms with Gasteiger partial charge in [0.1, 0.15) is 11.3 Å². The summed E-state index contributed by atoms with van der Waals surface area (Å²) in [5.41, 5.74) is -1.88. The molecule has 4 rings (SSSR count). The average Bonchev–Trinajstić information content (AvgIpc) is 3.06. The molecule has 10 heteroatoms. The highest BCUT2D eigenvalue weighted by atomic mass is 32.1. The molecule has 1 atom stereocenters. The van der Waals surface area contributed by atoms with E-state index < -0.39 is 28.4 Å². The van der Waals surface area contributed by atoms with Gasteiger partial charge < -0.3 is 9.64 Å². The van der Waals surface area contributed by atoms with Crippen molar-refractivity contribution in [2.45, 2.75) is 50.9 Å². The number of amides is 1. The number of nitriles is 1. The Morgan fingerprint density at radius 3 is 2.47 bits per heavy atom. The van der Waals surface area contributed by atoms with Crippen molar-refractivity contribution in [1.29, 1.82) is 5.26 Å². The molecule has 2 heterocycles. The van der Waals surface area contributed by atoms with Gasteiger partial charge in [-0.3, -0.25) is 14.7 Å². The van der Waals surface area contributed by atoms with Crippen LogP contribution in [0.1, 0.15) is 33.6 Å². The van der Waals surface area contributed by atoms with Crippen LogP contribution >= 0.6 is 12.2 Å². The topological polar surface area (TPSA) is 69.5 Å². The lowest BCUT2D eigenvalue weighted by atomic mass is 9.84. The molecule has 198 valence electrons. The number of benzene rings is 1. The Kier molecular flexibility index (Phi) is 7.35. The van der Waals surface area contributed by atoms with Crippen LogP contribution in [0.25, 0.3) is 11.1 Å². The van der Waals surface area contributed by atoms with E-state index in [1.807, 2.05) is 36.4 Å². The summed E-state index contributed by atoms with van der Waals surface area (Å²) in [6.07, 6.45) is 1.53. The molecule has 0 spiro atoms. The standard InChI is InChI=1S/C28H27F3N4O2S/c1-26(2)24(36)35(27(3)12-11-20(17-32)23(16-27)28(29,30)31)25(38)34(26)14-5-15-37-22-9-7-19(8-10-22)21-6-4-13-33-18-21/h4,6-11,13,16,18H,5,12,14-15H2,1-3H3. The molecule has 38 heavy (non-hydrogen) atoms. The van der Waals surface area contributed by atoms with Gasteiger partial charge in [0, 0.05) is 18.9 Å². The lowest BCUT2D eigenvalue weighted by molar-refractivity contribution is -0.134. The van der Waals surface area contributed by atoms with Gasteiger partial charge in [-0.1, -0.05) is 24.3 Å². The highest BCUT2D eigenvalue weighted by Crippen LogP contribution is 2.42. The fraction of sp³-hybridized carbons (Fsp3) is 0.357. The maximum absolute atomic E-state index is 13.7. The molecule has 0 N–H and O–H groups in total. The molecule has 2 aromatic rings. The lowest BCUT2D eigenvalue weighted by Crippen LogP contribution is -2.51. The van der Waals surface area contributed by atoms with Crippen molar-refractivity contribution in [3.05, 3.63) is 72.1 Å². The molecule has 1 aromatic heterocycles. The second kappa shape index (κ2) is 10.2. The van der Waals surface area contributed by atoms with Crippen LogP contribution in [0.15, 0.2) is 72.1 Å². The van der Waals surface area contributed by atoms with Crippen molar-refractivity contribution in [1.82, 2.24) is 14.8 Å². The fourth-order valence-electron chi connectivity index (χ4n) is 4.71. The van der Waals surface area contributed by atoms with Crippen molar-refractivity contribution in [2.75, 3.05) is 13.2 Å². The lowest BCUT2D eigenvalue weighted by Gasteiger charge is -2.38. The number of hydrogen-bond donors (Lipinski definition) is 0. The van der Waals surface area contributed by atoms with Gasteiger partial charge in [0.15, 0.2) is 5.11 Å². The third-order valence-corrected chi connectivity index (χ3v) is 7.27. The predicted molar refractivity (Wildman–Crippen MR) is 141 cm³/mol. The molecule has 0 bridgehead atoms. The quantitative estimate of drug-likeness (QED) is 0.325. The first-order chi connectivity index (χ1) is 17.9. The number of carbonyl (C=O) groups excluding carboxylic acids is 1. The normalized spacial score (nSPS) is 21.2. The van der Waals surface area contributed by atoms with Crippen LogP contribution in [-0.2, 0) is 4.79 Å². The number of aromatic nitrogens is 1. The summed E-state index contributed by atoms with van der Waals surface area (Å²) in [5.74, 6) is 0.307. The number of carbonyl (C=O) groups is 1. The largest absolute Gasteiger partial charge is 0.494 e. The number of ether oxygens (including phenoxy) is 1. The summed E-state index contributed by atoms with van der Waals surface area (Å²) in [6, 6.07) is 13.1. The van der Waals surface area contributed by atoms with Gasteiger partial charge in [-0.2, -0.15) is 18.4 Å². The molecule has 0 radical (unpaired) electrons. The zero-order chi connectivity index (χ0) is 27.7. The van der Waals surface area contributed by atoms with Crippen LogP contribution in [0.4, 0.5) is 13.2 Å². The molecule has 1 unspecified atom stereocenters. The fourth-order valence-corrected chi connectivity index (χ4v) is 5.32. The molecular formula is C28H27F3N4O2S. The molecule has 1 fully saturated rings. The number of nitrogens with zero attached hydrogens (tertiary/aromatic N) is 4. The van der Waals surface area contributed by atoms with Crippen molar-refractivity contribution >= 4 is 23.2 Å². The highest BCUT2D eigenvalue weighted by molar-refractivity contribution is 7.80. The van der Waals surface area contributed by atoms with E-state index >= 15 is 0 Å². The molecule has 1 amide bonds. The molecule has 1 aliphatic heterocycles. The van der Waals surface area contributed by atoms with E-state index in [9.17, 15) is 23.2 Å². The molecular weight excluding hydrogens is 513 g/mol. The third kappa shape index (κ3) is 5.16. The smallest absolute Gasteiger partial charge is 0.417 e. The average molecular weight is 541 g/mol. The highest BCUT2D eigenvalue weighted by Gasteiger charge is 2.55. The van der Waals surface area contributed by atoms with Crippen LogP contribution in [0.5, 0.6) is 5.75 Å². The number of halogens is 3. The summed E-state index contributed by atoms with van der Waals surface area (Å²) in [6.45, 7) is 5.69. The molecule has 6 nitrogen and oxygen atoms in total. The Morgan fingerprint density at radius 1 is 1.16 bits per heavy atom. The predicted octanol–water partition coefficient (Wildman–Crippen LogP) is 5.83. The molecule has 0 saturated carbocycles. The first-order valence-corrected chi connectivity index (χ1v) is 12.5. The first kappa shape index (κ1) is 27.3. The molecule has 1 aliphatic carbocycles. The van der Waals surface area contributed by atoms with E-state index in [0.29, 0.717) is 25.3 Å². The Morgan fingerprint density at radius 2 is 1.87 bits per heavy atom. The monoisotopic (exact) mass is 540 g/mol. The zero-order valence-electron chi connectivity index (χ0n) is 21.2. The van der Waals surface area contributed by atoms with Crippen molar-refractivity contribution in [3.8, 4) is 22.9 Å². The minimum atomic E-state index is -4.73. The van der Waals surface area contributed by atoms with Crippen LogP contribution in [0.3, 0.4) is 0 Å². The number of hydrogen-bond acceptors (Lipinski definition) is 5. The number of rotatable bonds is 7. The van der Waals surface area contributed by atoms with Gasteiger partial charge in [0.2, 0.25) is 0 Å². The second-order valence-electron chi connectivity index (χ2n) is 9.95. The van der Waals surface area contributed by atoms with Gasteiger partial charge in [-0.15, -0.1) is 0 Å². The Balaban J connectivity index is 1.42. The van der Waals surface area contributed by atoms with E-state index in [1.165, 1.54) is 17.9 Å². The Bertz CT molecular complexity index is 1330. The first-order valence-electron chi connectivity index (χ1n) is 12.1. The maximum Gasteiger partial charge on any atom is 0.417 e. The number of pyridine rings is 1. The van der Waals surface area contributed by atoms with Gasteiger partial charge in [0.05, 0.1) is 29.4 Å². The minimum Gasteiger partial charge on any atom is -0.494 e. The maximum atomic E-state index is 13.7. The van der Waals surface area contributed by atoms with Crippen LogP contribution in [-0.4, -0.2) is 56.2 Å². The molecule has 2 aliphatic rings. The van der Waals surface area contributed by atoms with Gasteiger partial charge in [-0.25, -0.2) is 0 Å². The van der Waals surface area contributed by atoms with E-state index in [4.69, 9.17) is 17.0 Å². The van der Waals surface area contributed by atoms with Gasteiger partial charge in [0.25, 0.3) is 5.91 Å². The van der Waals surface area contributed by atoms with Crippen molar-refractivity contribution < 1.29 is 22.7 Å². The van der Waals surface area contributed by atoms with E-state index in [-0.39, 0.29) is 17.4 Å². The van der Waals surface area contributed by atoms with Crippen molar-refractivity contribution in [3.63, 3.8) is 0 Å². The van der Waals surface area contributed by atoms with E-state index in [0.717, 1.165) is 17.2 Å². The molecule has 1 saturated heterocycles. The van der Waals surface area contributed by atoms with E-state index in [1.54, 1.807) is 37.2 Å². The van der Waals surface area contributed by atoms with Crippen LogP contribution in [0.2, 0.25) is 0 Å². The summed E-state index contributed by atoms with van der Waals surface area (Å²) < 4.78 is 46.9. The summed E-state index contributed by atoms with van der Waals surface area (Å²) in [7, 11) is 0. The summed E-state index contributed by atoms with van der Waals surface area (Å²) in [4.78, 5) is 20.5. The second-order valence-corrected chi connectivity index (χ2v) is 10.3. The minimum absolute atomic E-state index is 0.0451.